The van der Waals surface area contributed by atoms with Crippen LogP contribution in [0.15, 0.2) is 23.2 Å². The Morgan fingerprint density at radius 2 is 1.77 bits per heavy atom. The number of aliphatic imine (C=N–C) groups is 1. The monoisotopic (exact) mass is 183 g/mol. The van der Waals surface area contributed by atoms with Gasteiger partial charge in [0.15, 0.2) is 0 Å². The van der Waals surface area contributed by atoms with E-state index in [2.05, 4.69) is 4.99 Å². The van der Waals surface area contributed by atoms with Crippen LogP contribution in [0.25, 0.3) is 0 Å². The highest BCUT2D eigenvalue weighted by atomic mass is 19.1. The summed E-state index contributed by atoms with van der Waals surface area (Å²) in [6, 6.07) is 2.18. The number of hydrogen-bond acceptors (Lipinski definition) is 2. The topological polar surface area (TPSA) is 46.5 Å². The molecule has 0 spiro atoms. The van der Waals surface area contributed by atoms with Crippen LogP contribution < -0.4 is 0 Å². The highest BCUT2D eigenvalue weighted by Gasteiger charge is 2.07. The van der Waals surface area contributed by atoms with Gasteiger partial charge in [0.1, 0.15) is 11.6 Å². The minimum atomic E-state index is -1.02. The van der Waals surface area contributed by atoms with Crippen LogP contribution in [0.4, 0.5) is 8.78 Å². The molecule has 0 aliphatic carbocycles. The molecule has 0 bridgehead atoms. The molecule has 0 unspecified atom stereocenters. The number of hydrogen-bond donors (Lipinski definition) is 0. The fraction of sp³-hybridized carbons (Fsp3) is 0. The third-order valence-corrected chi connectivity index (χ3v) is 1.26. The fourth-order valence-corrected chi connectivity index (χ4v) is 0.783. The summed E-state index contributed by atoms with van der Waals surface area (Å²) in [6.45, 7) is 0. The van der Waals surface area contributed by atoms with Crippen LogP contribution in [0.3, 0.4) is 0 Å². The van der Waals surface area contributed by atoms with Crippen LogP contribution in [0.2, 0.25) is 0 Å². The van der Waals surface area contributed by atoms with E-state index in [9.17, 15) is 18.4 Å². The summed E-state index contributed by atoms with van der Waals surface area (Å²) in [5, 5.41) is 0. The second-order valence-corrected chi connectivity index (χ2v) is 2.17. The number of carbonyl (C=O) groups is 1. The van der Waals surface area contributed by atoms with Gasteiger partial charge in [-0.1, -0.05) is 0 Å². The maximum absolute atomic E-state index is 12.5. The van der Waals surface area contributed by atoms with Gasteiger partial charge in [-0.3, -0.25) is 4.79 Å². The lowest BCUT2D eigenvalue weighted by molar-refractivity contribution is 0.100. The highest BCUT2D eigenvalue weighted by Crippen LogP contribution is 2.08. The van der Waals surface area contributed by atoms with E-state index < -0.39 is 17.5 Å². The number of benzene rings is 1. The van der Waals surface area contributed by atoms with Gasteiger partial charge >= 0.3 is 0 Å². The van der Waals surface area contributed by atoms with Crippen LogP contribution in [0, 0.1) is 11.6 Å². The van der Waals surface area contributed by atoms with Gasteiger partial charge in [-0.2, -0.15) is 0 Å². The van der Waals surface area contributed by atoms with Gasteiger partial charge in [0, 0.05) is 11.6 Å². The first-order chi connectivity index (χ1) is 6.13. The Hall–Kier alpha value is -1.87. The van der Waals surface area contributed by atoms with E-state index >= 15 is 0 Å². The van der Waals surface area contributed by atoms with Gasteiger partial charge in [0.05, 0.1) is 0 Å². The molecule has 0 N–H and O–H groups in total. The summed E-state index contributed by atoms with van der Waals surface area (Å²) in [5.41, 5.74) is -0.319. The highest BCUT2D eigenvalue weighted by molar-refractivity contribution is 5.97. The summed E-state index contributed by atoms with van der Waals surface area (Å²) < 4.78 is 25.0. The maximum atomic E-state index is 12.5. The molecule has 0 saturated heterocycles. The van der Waals surface area contributed by atoms with Crippen LogP contribution in [-0.2, 0) is 4.79 Å². The lowest BCUT2D eigenvalue weighted by atomic mass is 10.2. The molecule has 1 amide bonds. The lowest BCUT2D eigenvalue weighted by Crippen LogP contribution is -1.96. The number of halogens is 2. The molecule has 1 rings (SSSR count). The lowest BCUT2D eigenvalue weighted by Gasteiger charge is -1.94. The second kappa shape index (κ2) is 3.69. The standard InChI is InChI=1S/C8H3F2NO2/c9-6-1-5(2-7(10)3-6)8(13)11-4-12/h1-3H. The van der Waals surface area contributed by atoms with E-state index in [1.54, 1.807) is 0 Å². The number of rotatable bonds is 1. The van der Waals surface area contributed by atoms with Gasteiger partial charge in [0.2, 0.25) is 6.08 Å². The van der Waals surface area contributed by atoms with Crippen molar-refractivity contribution < 1.29 is 18.4 Å². The van der Waals surface area contributed by atoms with Gasteiger partial charge in [-0.25, -0.2) is 13.6 Å². The third kappa shape index (κ3) is 2.28. The molecule has 0 aromatic heterocycles. The van der Waals surface area contributed by atoms with Crippen molar-refractivity contribution in [2.45, 2.75) is 0 Å². The third-order valence-electron chi connectivity index (χ3n) is 1.26. The summed E-state index contributed by atoms with van der Waals surface area (Å²) >= 11 is 0. The molecule has 0 aliphatic rings. The Kier molecular flexibility index (Phi) is 2.62. The molecule has 0 atom stereocenters. The number of nitrogens with zero attached hydrogens (tertiary/aromatic N) is 1. The van der Waals surface area contributed by atoms with Crippen molar-refractivity contribution in [2.75, 3.05) is 0 Å². The Labute approximate surface area is 71.7 Å². The molecule has 1 aromatic rings. The quantitative estimate of drug-likeness (QED) is 0.488. The first-order valence-corrected chi connectivity index (χ1v) is 3.22. The Morgan fingerprint density at radius 1 is 1.23 bits per heavy atom. The molecule has 0 heterocycles. The molecule has 13 heavy (non-hydrogen) atoms. The largest absolute Gasteiger partial charge is 0.287 e. The summed E-state index contributed by atoms with van der Waals surface area (Å²) in [5.74, 6) is -2.82. The number of amides is 1. The van der Waals surface area contributed by atoms with Crippen molar-refractivity contribution in [3.8, 4) is 0 Å². The predicted octanol–water partition coefficient (Wildman–Crippen LogP) is 1.44. The van der Waals surface area contributed by atoms with Gasteiger partial charge in [0.25, 0.3) is 5.91 Å². The SMILES string of the molecule is O=C=NC(=O)c1cc(F)cc(F)c1. The van der Waals surface area contributed by atoms with E-state index in [4.69, 9.17) is 0 Å². The van der Waals surface area contributed by atoms with Gasteiger partial charge < -0.3 is 0 Å². The van der Waals surface area contributed by atoms with Crippen molar-refractivity contribution in [1.82, 2.24) is 0 Å². The minimum absolute atomic E-state index is 0.319. The zero-order valence-electron chi connectivity index (χ0n) is 6.25. The van der Waals surface area contributed by atoms with E-state index in [0.29, 0.717) is 6.07 Å². The zero-order valence-corrected chi connectivity index (χ0v) is 6.25. The molecule has 0 fully saturated rings. The molecule has 1 aromatic carbocycles. The van der Waals surface area contributed by atoms with E-state index in [1.807, 2.05) is 0 Å². The molecule has 0 radical (unpaired) electrons. The molecule has 5 heteroatoms. The summed E-state index contributed by atoms with van der Waals surface area (Å²) in [6.07, 6.45) is 0.985. The summed E-state index contributed by atoms with van der Waals surface area (Å²) in [4.78, 5) is 23.1. The zero-order chi connectivity index (χ0) is 9.84. The van der Waals surface area contributed by atoms with E-state index in [0.717, 1.165) is 18.2 Å². The molecule has 3 nitrogen and oxygen atoms in total. The normalized spacial score (nSPS) is 9.08. The number of carbonyl (C=O) groups excluding carboxylic acids is 2. The smallest absolute Gasteiger partial charge is 0.266 e. The fourth-order valence-electron chi connectivity index (χ4n) is 0.783. The molecular weight excluding hydrogens is 180 g/mol. The van der Waals surface area contributed by atoms with Crippen molar-refractivity contribution >= 4 is 12.0 Å². The Morgan fingerprint density at radius 3 is 2.23 bits per heavy atom. The van der Waals surface area contributed by atoms with Gasteiger partial charge in [-0.15, -0.1) is 4.99 Å². The Balaban J connectivity index is 3.15. The van der Waals surface area contributed by atoms with Gasteiger partial charge in [-0.05, 0) is 12.1 Å². The average Bonchev–Trinajstić information content (AvgIpc) is 2.03. The van der Waals surface area contributed by atoms with Crippen LogP contribution in [-0.4, -0.2) is 12.0 Å². The van der Waals surface area contributed by atoms with Crippen molar-refractivity contribution in [2.24, 2.45) is 4.99 Å². The van der Waals surface area contributed by atoms with E-state index in [-0.39, 0.29) is 5.56 Å². The minimum Gasteiger partial charge on any atom is -0.266 e. The van der Waals surface area contributed by atoms with Crippen LogP contribution >= 0.6 is 0 Å². The van der Waals surface area contributed by atoms with Crippen molar-refractivity contribution in [3.63, 3.8) is 0 Å². The second-order valence-electron chi connectivity index (χ2n) is 2.17. The predicted molar refractivity (Wildman–Crippen MR) is 38.8 cm³/mol. The average molecular weight is 183 g/mol. The van der Waals surface area contributed by atoms with E-state index in [1.165, 1.54) is 0 Å². The molecule has 66 valence electrons. The van der Waals surface area contributed by atoms with Crippen LogP contribution in [0.5, 0.6) is 0 Å². The molecule has 0 aliphatic heterocycles. The molecular formula is C8H3F2NO2. The van der Waals surface area contributed by atoms with Crippen molar-refractivity contribution in [1.29, 1.82) is 0 Å². The summed E-state index contributed by atoms with van der Waals surface area (Å²) in [7, 11) is 0. The van der Waals surface area contributed by atoms with Crippen LogP contribution in [0.1, 0.15) is 10.4 Å². The maximum Gasteiger partial charge on any atom is 0.287 e. The van der Waals surface area contributed by atoms with Crippen molar-refractivity contribution in [3.05, 3.63) is 35.4 Å². The first kappa shape index (κ1) is 9.22. The first-order valence-electron chi connectivity index (χ1n) is 3.22. The molecule has 0 saturated carbocycles. The number of isocyanates is 1. The Bertz CT molecular complexity index is 377.